The summed E-state index contributed by atoms with van der Waals surface area (Å²) in [6.07, 6.45) is 4.44. The molecule has 3 nitrogen and oxygen atoms in total. The number of nitrogens with zero attached hydrogens (tertiary/aromatic N) is 2. The van der Waals surface area contributed by atoms with Gasteiger partial charge in [0.2, 0.25) is 0 Å². The topological polar surface area (TPSA) is 19.6 Å². The molecule has 0 aliphatic heterocycles. The molecule has 0 unspecified atom stereocenters. The van der Waals surface area contributed by atoms with Crippen LogP contribution in [0.1, 0.15) is 35.1 Å². The minimum Gasteiger partial charge on any atom is -0.456 e. The molecule has 0 amide bonds. The average Bonchev–Trinajstić information content (AvgIpc) is 3.91. The maximum Gasteiger partial charge on any atom is 0.137 e. The Morgan fingerprint density at radius 2 is 0.815 bits per heavy atom. The Morgan fingerprint density at radius 1 is 0.370 bits per heavy atom. The lowest BCUT2D eigenvalue weighted by Gasteiger charge is -2.31. The lowest BCUT2D eigenvalue weighted by molar-refractivity contribution is 0.507. The van der Waals surface area contributed by atoms with E-state index in [1.807, 2.05) is 0 Å². The number of furan rings is 1. The number of benzene rings is 8. The van der Waals surface area contributed by atoms with Crippen LogP contribution in [0.25, 0.3) is 32.7 Å². The van der Waals surface area contributed by atoms with Crippen LogP contribution in [0, 0.1) is 0 Å². The number of para-hydroxylation sites is 3. The summed E-state index contributed by atoms with van der Waals surface area (Å²) in [5.41, 5.74) is 14.6. The summed E-state index contributed by atoms with van der Waals surface area (Å²) in [4.78, 5) is 4.79. The zero-order chi connectivity index (χ0) is 35.6. The van der Waals surface area contributed by atoms with Crippen molar-refractivity contribution < 1.29 is 4.42 Å². The summed E-state index contributed by atoms with van der Waals surface area (Å²) in [7, 11) is 0. The Balaban J connectivity index is 1.04. The molecule has 0 radical (unpaired) electrons. The molecule has 0 bridgehead atoms. The van der Waals surface area contributed by atoms with Crippen molar-refractivity contribution in [2.24, 2.45) is 0 Å². The van der Waals surface area contributed by atoms with E-state index in [0.29, 0.717) is 0 Å². The highest BCUT2D eigenvalue weighted by atomic mass is 16.3. The number of hydrogen-bond acceptors (Lipinski definition) is 3. The van der Waals surface area contributed by atoms with Gasteiger partial charge in [0, 0.05) is 56.4 Å². The zero-order valence-electron chi connectivity index (χ0n) is 30.0. The quantitative estimate of drug-likeness (QED) is 0.173. The zero-order valence-corrected chi connectivity index (χ0v) is 30.0. The summed E-state index contributed by atoms with van der Waals surface area (Å²) >= 11 is 0. The molecule has 0 saturated carbocycles. The molecular formula is C51H38N2O. The van der Waals surface area contributed by atoms with Gasteiger partial charge in [0.05, 0.1) is 0 Å². The summed E-state index contributed by atoms with van der Waals surface area (Å²) in [5, 5.41) is 4.70. The fraction of sp³-hybridized carbons (Fsp3) is 0.0980. The first kappa shape index (κ1) is 31.0. The second kappa shape index (κ2) is 12.2. The van der Waals surface area contributed by atoms with Crippen molar-refractivity contribution in [1.29, 1.82) is 0 Å². The molecule has 8 aromatic carbocycles. The monoisotopic (exact) mass is 694 g/mol. The third kappa shape index (κ3) is 4.89. The van der Waals surface area contributed by atoms with Gasteiger partial charge >= 0.3 is 0 Å². The smallest absolute Gasteiger partial charge is 0.137 e. The SMILES string of the molecule is c1ccc(N(c2ccccc2)c2ccc3c(c2)[C@@]2(CC3)CCc3ccc(N(c4ccccc4)c4ccc5c(c4)oc4cc6ccccc6cc45)cc32)cc1. The third-order valence-electron chi connectivity index (χ3n) is 12.0. The maximum atomic E-state index is 6.58. The number of anilines is 6. The van der Waals surface area contributed by atoms with Crippen LogP contribution in [-0.2, 0) is 18.3 Å². The highest BCUT2D eigenvalue weighted by Crippen LogP contribution is 2.55. The number of fused-ring (bicyclic) bond motifs is 8. The fourth-order valence-electron chi connectivity index (χ4n) is 9.45. The van der Waals surface area contributed by atoms with Gasteiger partial charge in [-0.1, -0.05) is 91.0 Å². The predicted molar refractivity (Wildman–Crippen MR) is 224 cm³/mol. The molecule has 2 aliphatic carbocycles. The van der Waals surface area contributed by atoms with Crippen LogP contribution in [0.15, 0.2) is 186 Å². The Hall–Kier alpha value is -6.58. The molecule has 1 atom stereocenters. The van der Waals surface area contributed by atoms with Crippen LogP contribution in [0.3, 0.4) is 0 Å². The van der Waals surface area contributed by atoms with E-state index < -0.39 is 0 Å². The third-order valence-corrected chi connectivity index (χ3v) is 12.0. The standard InChI is InChI=1S/C51H38N2O/c1-4-14-39(15-5-1)52(40-16-6-2-7-17-40)42-22-20-35-26-28-51(47(35)32-42)29-27-36-21-23-43(33-48(36)51)53(41-18-8-3-9-19-41)44-24-25-45-46-30-37-12-10-11-13-38(37)31-49(46)54-50(45)34-44/h1-25,30-34H,26-29H2/t51-/m1/s1. The largest absolute Gasteiger partial charge is 0.456 e. The van der Waals surface area contributed by atoms with E-state index in [9.17, 15) is 0 Å². The van der Waals surface area contributed by atoms with Gasteiger partial charge in [0.25, 0.3) is 0 Å². The molecule has 258 valence electrons. The average molecular weight is 695 g/mol. The molecule has 54 heavy (non-hydrogen) atoms. The van der Waals surface area contributed by atoms with E-state index in [4.69, 9.17) is 4.42 Å². The Labute approximate surface area is 315 Å². The van der Waals surface area contributed by atoms with Gasteiger partial charge in [0.15, 0.2) is 0 Å². The molecule has 11 rings (SSSR count). The van der Waals surface area contributed by atoms with Gasteiger partial charge in [-0.15, -0.1) is 0 Å². The number of hydrogen-bond donors (Lipinski definition) is 0. The molecular weight excluding hydrogens is 657 g/mol. The molecule has 0 fully saturated rings. The van der Waals surface area contributed by atoms with E-state index in [1.54, 1.807) is 0 Å². The van der Waals surface area contributed by atoms with E-state index in [2.05, 4.69) is 192 Å². The van der Waals surface area contributed by atoms with Crippen molar-refractivity contribution in [1.82, 2.24) is 0 Å². The summed E-state index contributed by atoms with van der Waals surface area (Å²) in [6.45, 7) is 0. The highest BCUT2D eigenvalue weighted by Gasteiger charge is 2.45. The molecule has 2 aliphatic rings. The van der Waals surface area contributed by atoms with Crippen molar-refractivity contribution >= 4 is 66.8 Å². The molecule has 1 heterocycles. The van der Waals surface area contributed by atoms with Gasteiger partial charge in [0.1, 0.15) is 11.2 Å². The molecule has 1 spiro atoms. The normalized spacial score (nSPS) is 15.9. The van der Waals surface area contributed by atoms with Crippen LogP contribution < -0.4 is 9.80 Å². The second-order valence-corrected chi connectivity index (χ2v) is 14.9. The van der Waals surface area contributed by atoms with Crippen LogP contribution in [-0.4, -0.2) is 0 Å². The first-order valence-electron chi connectivity index (χ1n) is 19.1. The van der Waals surface area contributed by atoms with Gasteiger partial charge in [-0.3, -0.25) is 0 Å². The van der Waals surface area contributed by atoms with Crippen molar-refractivity contribution in [3.8, 4) is 0 Å². The van der Waals surface area contributed by atoms with Gasteiger partial charge < -0.3 is 14.2 Å². The van der Waals surface area contributed by atoms with E-state index >= 15 is 0 Å². The number of rotatable bonds is 6. The van der Waals surface area contributed by atoms with E-state index in [1.165, 1.54) is 44.4 Å². The van der Waals surface area contributed by atoms with Crippen molar-refractivity contribution in [2.45, 2.75) is 31.1 Å². The van der Waals surface area contributed by atoms with Crippen molar-refractivity contribution in [3.05, 3.63) is 204 Å². The van der Waals surface area contributed by atoms with Crippen molar-refractivity contribution in [2.75, 3.05) is 9.80 Å². The molecule has 9 aromatic rings. The summed E-state index contributed by atoms with van der Waals surface area (Å²) in [5.74, 6) is 0. The van der Waals surface area contributed by atoms with Crippen LogP contribution in [0.5, 0.6) is 0 Å². The Bertz CT molecular complexity index is 2800. The summed E-state index contributed by atoms with van der Waals surface area (Å²) < 4.78 is 6.58. The minimum absolute atomic E-state index is 0.0250. The Kier molecular flexibility index (Phi) is 7.03. The van der Waals surface area contributed by atoms with E-state index in [0.717, 1.165) is 70.4 Å². The van der Waals surface area contributed by atoms with Gasteiger partial charge in [-0.05, 0) is 144 Å². The Morgan fingerprint density at radius 3 is 1.37 bits per heavy atom. The molecule has 0 saturated heterocycles. The lowest BCUT2D eigenvalue weighted by atomic mass is 9.76. The fourth-order valence-corrected chi connectivity index (χ4v) is 9.45. The minimum atomic E-state index is -0.0250. The number of aryl methyl sites for hydroxylation is 2. The first-order chi connectivity index (χ1) is 26.7. The van der Waals surface area contributed by atoms with Crippen LogP contribution in [0.4, 0.5) is 34.1 Å². The van der Waals surface area contributed by atoms with Crippen LogP contribution in [0.2, 0.25) is 0 Å². The summed E-state index contributed by atoms with van der Waals surface area (Å²) in [6, 6.07) is 66.3. The van der Waals surface area contributed by atoms with Gasteiger partial charge in [-0.25, -0.2) is 0 Å². The van der Waals surface area contributed by atoms with Crippen molar-refractivity contribution in [3.63, 3.8) is 0 Å². The lowest BCUT2D eigenvalue weighted by Crippen LogP contribution is -2.22. The van der Waals surface area contributed by atoms with E-state index in [-0.39, 0.29) is 5.41 Å². The van der Waals surface area contributed by atoms with Gasteiger partial charge in [-0.2, -0.15) is 0 Å². The molecule has 1 aromatic heterocycles. The highest BCUT2D eigenvalue weighted by molar-refractivity contribution is 6.10. The first-order valence-corrected chi connectivity index (χ1v) is 19.1. The maximum absolute atomic E-state index is 6.58. The molecule has 3 heteroatoms. The second-order valence-electron chi connectivity index (χ2n) is 14.9. The van der Waals surface area contributed by atoms with Crippen LogP contribution >= 0.6 is 0 Å². The predicted octanol–water partition coefficient (Wildman–Crippen LogP) is 13.9. The molecule has 0 N–H and O–H groups in total.